The van der Waals surface area contributed by atoms with Crippen molar-refractivity contribution in [3.8, 4) is 0 Å². The molecule has 0 bridgehead atoms. The molecule has 2 rings (SSSR count). The summed E-state index contributed by atoms with van der Waals surface area (Å²) < 4.78 is 51.3. The topological polar surface area (TPSA) is 29.3 Å². The number of hydrogen-bond acceptors (Lipinski definition) is 2. The molecule has 1 aliphatic heterocycles. The highest BCUT2D eigenvalue weighted by Crippen LogP contribution is 2.33. The fourth-order valence-electron chi connectivity index (χ4n) is 2.48. The fourth-order valence-corrected chi connectivity index (χ4v) is 2.48. The van der Waals surface area contributed by atoms with E-state index in [2.05, 4.69) is 0 Å². The summed E-state index contributed by atoms with van der Waals surface area (Å²) in [7, 11) is 0. The van der Waals surface area contributed by atoms with Gasteiger partial charge < -0.3 is 10.6 Å². The SMILES string of the molecule is NCC1CCCCN1c1ccc(C(F)(F)F)cc1F. The minimum Gasteiger partial charge on any atom is -0.365 e. The highest BCUT2D eigenvalue weighted by atomic mass is 19.4. The van der Waals surface area contributed by atoms with Gasteiger partial charge in [0.2, 0.25) is 0 Å². The van der Waals surface area contributed by atoms with Crippen LogP contribution in [0.3, 0.4) is 0 Å². The summed E-state index contributed by atoms with van der Waals surface area (Å²) in [5.41, 5.74) is 4.88. The molecular formula is C13H16F4N2. The van der Waals surface area contributed by atoms with E-state index >= 15 is 0 Å². The number of alkyl halides is 3. The van der Waals surface area contributed by atoms with E-state index in [-0.39, 0.29) is 11.7 Å². The van der Waals surface area contributed by atoms with Gasteiger partial charge in [-0.3, -0.25) is 0 Å². The first kappa shape index (κ1) is 14.1. The Bertz CT molecular complexity index is 445. The van der Waals surface area contributed by atoms with Crippen LogP contribution in [0, 0.1) is 5.82 Å². The number of piperidine rings is 1. The summed E-state index contributed by atoms with van der Waals surface area (Å²) in [5.74, 6) is -0.838. The van der Waals surface area contributed by atoms with Crippen LogP contribution in [0.2, 0.25) is 0 Å². The van der Waals surface area contributed by atoms with Crippen molar-refractivity contribution in [2.45, 2.75) is 31.5 Å². The van der Waals surface area contributed by atoms with Crippen molar-refractivity contribution >= 4 is 5.69 Å². The van der Waals surface area contributed by atoms with Gasteiger partial charge in [0, 0.05) is 19.1 Å². The van der Waals surface area contributed by atoms with Crippen molar-refractivity contribution in [3.05, 3.63) is 29.6 Å². The van der Waals surface area contributed by atoms with Gasteiger partial charge in [-0.1, -0.05) is 0 Å². The molecule has 0 saturated carbocycles. The lowest BCUT2D eigenvalue weighted by molar-refractivity contribution is -0.137. The Morgan fingerprint density at radius 3 is 2.58 bits per heavy atom. The quantitative estimate of drug-likeness (QED) is 0.841. The van der Waals surface area contributed by atoms with Gasteiger partial charge in [0.25, 0.3) is 0 Å². The number of anilines is 1. The molecule has 0 amide bonds. The average molecular weight is 276 g/mol. The normalized spacial score (nSPS) is 20.7. The Balaban J connectivity index is 2.30. The number of rotatable bonds is 2. The third kappa shape index (κ3) is 3.00. The predicted molar refractivity (Wildman–Crippen MR) is 65.4 cm³/mol. The summed E-state index contributed by atoms with van der Waals surface area (Å²) in [6, 6.07) is 2.67. The smallest absolute Gasteiger partial charge is 0.365 e. The summed E-state index contributed by atoms with van der Waals surface area (Å²) in [6.07, 6.45) is -1.76. The summed E-state index contributed by atoms with van der Waals surface area (Å²) in [6.45, 7) is 1.00. The van der Waals surface area contributed by atoms with E-state index in [1.165, 1.54) is 6.07 Å². The van der Waals surface area contributed by atoms with Crippen LogP contribution >= 0.6 is 0 Å². The third-order valence-electron chi connectivity index (χ3n) is 3.48. The Morgan fingerprint density at radius 2 is 2.00 bits per heavy atom. The largest absolute Gasteiger partial charge is 0.416 e. The standard InChI is InChI=1S/C13H16F4N2/c14-11-7-9(13(15,16)17)4-5-12(11)19-6-2-1-3-10(19)8-18/h4-5,7,10H,1-3,6,8,18H2. The Morgan fingerprint density at radius 1 is 1.26 bits per heavy atom. The molecule has 106 valence electrons. The molecule has 2 N–H and O–H groups in total. The second-order valence-corrected chi connectivity index (χ2v) is 4.74. The van der Waals surface area contributed by atoms with Gasteiger partial charge in [0.1, 0.15) is 5.82 Å². The monoisotopic (exact) mass is 276 g/mol. The highest BCUT2D eigenvalue weighted by Gasteiger charge is 2.32. The molecular weight excluding hydrogens is 260 g/mol. The van der Waals surface area contributed by atoms with Crippen molar-refractivity contribution in [2.24, 2.45) is 5.73 Å². The van der Waals surface area contributed by atoms with Gasteiger partial charge in [-0.2, -0.15) is 13.2 Å². The van der Waals surface area contributed by atoms with Crippen molar-refractivity contribution in [1.82, 2.24) is 0 Å². The van der Waals surface area contributed by atoms with Gasteiger partial charge >= 0.3 is 6.18 Å². The fraction of sp³-hybridized carbons (Fsp3) is 0.538. The number of benzene rings is 1. The number of halogens is 4. The predicted octanol–water partition coefficient (Wildman–Crippen LogP) is 3.16. The molecule has 1 fully saturated rings. The van der Waals surface area contributed by atoms with Crippen LogP contribution in [0.1, 0.15) is 24.8 Å². The zero-order valence-electron chi connectivity index (χ0n) is 10.4. The molecule has 1 atom stereocenters. The van der Waals surface area contributed by atoms with Crippen molar-refractivity contribution < 1.29 is 17.6 Å². The molecule has 0 spiro atoms. The Hall–Kier alpha value is -1.30. The first-order valence-electron chi connectivity index (χ1n) is 6.27. The Labute approximate surface area is 109 Å². The Kier molecular flexibility index (Phi) is 3.99. The lowest BCUT2D eigenvalue weighted by Crippen LogP contribution is -2.44. The summed E-state index contributed by atoms with van der Waals surface area (Å²) in [5, 5.41) is 0. The molecule has 1 saturated heterocycles. The van der Waals surface area contributed by atoms with Crippen molar-refractivity contribution in [1.29, 1.82) is 0 Å². The van der Waals surface area contributed by atoms with E-state index in [4.69, 9.17) is 5.73 Å². The lowest BCUT2D eigenvalue weighted by Gasteiger charge is -2.37. The summed E-state index contributed by atoms with van der Waals surface area (Å²) in [4.78, 5) is 1.78. The molecule has 1 heterocycles. The van der Waals surface area contributed by atoms with Crippen molar-refractivity contribution in [2.75, 3.05) is 18.0 Å². The zero-order valence-corrected chi connectivity index (χ0v) is 10.4. The maximum absolute atomic E-state index is 13.9. The first-order chi connectivity index (χ1) is 8.93. The number of nitrogens with zero attached hydrogens (tertiary/aromatic N) is 1. The van der Waals surface area contributed by atoms with Crippen LogP contribution in [-0.4, -0.2) is 19.1 Å². The number of hydrogen-bond donors (Lipinski definition) is 1. The second-order valence-electron chi connectivity index (χ2n) is 4.74. The minimum absolute atomic E-state index is 0.0000123. The van der Waals surface area contributed by atoms with E-state index < -0.39 is 17.6 Å². The van der Waals surface area contributed by atoms with Gasteiger partial charge in [-0.25, -0.2) is 4.39 Å². The van der Waals surface area contributed by atoms with E-state index in [1.54, 1.807) is 4.90 Å². The lowest BCUT2D eigenvalue weighted by atomic mass is 10.0. The van der Waals surface area contributed by atoms with Crippen LogP contribution in [-0.2, 0) is 6.18 Å². The molecule has 0 radical (unpaired) electrons. The van der Waals surface area contributed by atoms with Crippen molar-refractivity contribution in [3.63, 3.8) is 0 Å². The van der Waals surface area contributed by atoms with E-state index in [9.17, 15) is 17.6 Å². The van der Waals surface area contributed by atoms with Crippen LogP contribution in [0.15, 0.2) is 18.2 Å². The minimum atomic E-state index is -4.52. The molecule has 0 aliphatic carbocycles. The van der Waals surface area contributed by atoms with Crippen LogP contribution in [0.4, 0.5) is 23.2 Å². The van der Waals surface area contributed by atoms with Gasteiger partial charge in [0.05, 0.1) is 11.3 Å². The highest BCUT2D eigenvalue weighted by molar-refractivity contribution is 5.51. The maximum Gasteiger partial charge on any atom is 0.416 e. The molecule has 0 aromatic heterocycles. The van der Waals surface area contributed by atoms with E-state index in [0.29, 0.717) is 19.2 Å². The molecule has 19 heavy (non-hydrogen) atoms. The maximum atomic E-state index is 13.9. The summed E-state index contributed by atoms with van der Waals surface area (Å²) >= 11 is 0. The molecule has 2 nitrogen and oxygen atoms in total. The molecule has 1 unspecified atom stereocenters. The van der Waals surface area contributed by atoms with Gasteiger partial charge in [-0.15, -0.1) is 0 Å². The second kappa shape index (κ2) is 5.36. The number of nitrogens with two attached hydrogens (primary N) is 1. The van der Waals surface area contributed by atoms with Gasteiger partial charge in [-0.05, 0) is 37.5 Å². The molecule has 6 heteroatoms. The average Bonchev–Trinajstić information content (AvgIpc) is 2.37. The van der Waals surface area contributed by atoms with Gasteiger partial charge in [0.15, 0.2) is 0 Å². The van der Waals surface area contributed by atoms with E-state index in [0.717, 1.165) is 25.3 Å². The molecule has 1 aromatic carbocycles. The molecule has 1 aliphatic rings. The van der Waals surface area contributed by atoms with Crippen LogP contribution in [0.25, 0.3) is 0 Å². The first-order valence-corrected chi connectivity index (χ1v) is 6.27. The molecule has 1 aromatic rings. The third-order valence-corrected chi connectivity index (χ3v) is 3.48. The van der Waals surface area contributed by atoms with Crippen LogP contribution < -0.4 is 10.6 Å². The van der Waals surface area contributed by atoms with E-state index in [1.807, 2.05) is 0 Å². The zero-order chi connectivity index (χ0) is 14.0. The van der Waals surface area contributed by atoms with Crippen LogP contribution in [0.5, 0.6) is 0 Å².